The van der Waals surface area contributed by atoms with E-state index in [4.69, 9.17) is 0 Å². The lowest BCUT2D eigenvalue weighted by Gasteiger charge is -1.94. The first-order valence-electron chi connectivity index (χ1n) is 4.09. The van der Waals surface area contributed by atoms with Crippen LogP contribution in [0.15, 0.2) is 24.3 Å². The highest BCUT2D eigenvalue weighted by Crippen LogP contribution is 2.22. The Bertz CT molecular complexity index is 299. The van der Waals surface area contributed by atoms with Gasteiger partial charge in [0.15, 0.2) is 0 Å². The van der Waals surface area contributed by atoms with Gasteiger partial charge >= 0.3 is 0 Å². The first-order chi connectivity index (χ1) is 5.42. The van der Waals surface area contributed by atoms with Gasteiger partial charge in [0.2, 0.25) is 5.69 Å². The lowest BCUT2D eigenvalue weighted by Crippen LogP contribution is -2.00. The van der Waals surface area contributed by atoms with Crippen molar-refractivity contribution in [2.24, 2.45) is 0 Å². The van der Waals surface area contributed by atoms with Gasteiger partial charge in [-0.2, -0.15) is 0 Å². The molecule has 1 nitrogen and oxygen atoms in total. The molecule has 0 aromatic heterocycles. The highest BCUT2D eigenvalue weighted by atomic mass is 15.0. The Balaban J connectivity index is 2.48. The highest BCUT2D eigenvalue weighted by Gasteiger charge is 2.17. The third-order valence-corrected chi connectivity index (χ3v) is 2.17. The number of rotatable bonds is 1. The zero-order valence-corrected chi connectivity index (χ0v) is 6.75. The van der Waals surface area contributed by atoms with Crippen molar-refractivity contribution in [2.75, 3.05) is 6.54 Å². The zero-order valence-electron chi connectivity index (χ0n) is 6.75. The molecule has 1 heteroatoms. The van der Waals surface area contributed by atoms with Gasteiger partial charge in [-0.25, -0.2) is 4.58 Å². The molecule has 1 aromatic rings. The molecule has 1 aliphatic heterocycles. The van der Waals surface area contributed by atoms with Crippen LogP contribution < -0.4 is 0 Å². The van der Waals surface area contributed by atoms with Crippen LogP contribution in [0.25, 0.3) is 0 Å². The minimum Gasteiger partial charge on any atom is -0.202 e. The maximum atomic E-state index is 2.30. The second-order valence-corrected chi connectivity index (χ2v) is 2.80. The fourth-order valence-electron chi connectivity index (χ4n) is 1.57. The van der Waals surface area contributed by atoms with Gasteiger partial charge in [0, 0.05) is 11.6 Å². The van der Waals surface area contributed by atoms with Crippen LogP contribution in [0.2, 0.25) is 0 Å². The van der Waals surface area contributed by atoms with Crippen molar-refractivity contribution in [2.45, 2.75) is 13.3 Å². The number of nitrogens with zero attached hydrogens (tertiary/aromatic N) is 1. The number of fused-ring (bicyclic) bond motifs is 1. The molecule has 11 heavy (non-hydrogen) atoms. The molecule has 0 amide bonds. The highest BCUT2D eigenvalue weighted by molar-refractivity contribution is 5.66. The molecule has 0 atom stereocenters. The lowest BCUT2D eigenvalue weighted by molar-refractivity contribution is -0.428. The molecule has 0 aliphatic carbocycles. The molecule has 0 unspecified atom stereocenters. The van der Waals surface area contributed by atoms with Crippen molar-refractivity contribution in [3.05, 3.63) is 29.8 Å². The Hall–Kier alpha value is -1.11. The first-order valence-corrected chi connectivity index (χ1v) is 4.09. The summed E-state index contributed by atoms with van der Waals surface area (Å²) in [6.45, 7) is 3.26. The molecule has 0 fully saturated rings. The van der Waals surface area contributed by atoms with Crippen LogP contribution in [0, 0.1) is 0 Å². The van der Waals surface area contributed by atoms with Crippen LogP contribution >= 0.6 is 0 Å². The average Bonchev–Trinajstić information content (AvgIpc) is 2.47. The summed E-state index contributed by atoms with van der Waals surface area (Å²) in [5, 5.41) is 0. The minimum atomic E-state index is 1.08. The number of benzene rings is 1. The first kappa shape index (κ1) is 6.59. The molecule has 2 rings (SSSR count). The smallest absolute Gasteiger partial charge is 0.202 e. The molecule has 0 radical (unpaired) electrons. The molecule has 1 aliphatic rings. The zero-order chi connectivity index (χ0) is 7.68. The Morgan fingerprint density at radius 3 is 3.00 bits per heavy atom. The van der Waals surface area contributed by atoms with Gasteiger partial charge in [0.25, 0.3) is 0 Å². The average molecular weight is 146 g/mol. The molecule has 0 saturated heterocycles. The fourth-order valence-corrected chi connectivity index (χ4v) is 1.57. The number of hydrogen-bond acceptors (Lipinski definition) is 0. The monoisotopic (exact) mass is 146 g/mol. The van der Waals surface area contributed by atoms with Crippen molar-refractivity contribution in [3.8, 4) is 0 Å². The van der Waals surface area contributed by atoms with E-state index in [2.05, 4.69) is 42.0 Å². The number of para-hydroxylation sites is 1. The summed E-state index contributed by atoms with van der Waals surface area (Å²) >= 11 is 0. The van der Waals surface area contributed by atoms with Crippen molar-refractivity contribution >= 4 is 11.9 Å². The maximum Gasteiger partial charge on any atom is 0.208 e. The van der Waals surface area contributed by atoms with E-state index in [1.54, 1.807) is 0 Å². The van der Waals surface area contributed by atoms with Crippen molar-refractivity contribution in [1.82, 2.24) is 0 Å². The van der Waals surface area contributed by atoms with E-state index in [9.17, 15) is 0 Å². The van der Waals surface area contributed by atoms with E-state index < -0.39 is 0 Å². The Morgan fingerprint density at radius 1 is 1.36 bits per heavy atom. The second-order valence-electron chi connectivity index (χ2n) is 2.80. The molecule has 0 bridgehead atoms. The van der Waals surface area contributed by atoms with Gasteiger partial charge < -0.3 is 0 Å². The fraction of sp³-hybridized carbons (Fsp3) is 0.300. The third-order valence-electron chi connectivity index (χ3n) is 2.17. The third kappa shape index (κ3) is 0.967. The topological polar surface area (TPSA) is 3.01 Å². The quantitative estimate of drug-likeness (QED) is 0.533. The van der Waals surface area contributed by atoms with Crippen molar-refractivity contribution < 1.29 is 4.58 Å². The number of hydrogen-bond donors (Lipinski definition) is 0. The van der Waals surface area contributed by atoms with Gasteiger partial charge in [-0.3, -0.25) is 0 Å². The van der Waals surface area contributed by atoms with Crippen molar-refractivity contribution in [1.29, 1.82) is 0 Å². The molecule has 0 N–H and O–H groups in total. The summed E-state index contributed by atoms with van der Waals surface area (Å²) in [4.78, 5) is 0. The molecule has 0 saturated carbocycles. The van der Waals surface area contributed by atoms with Gasteiger partial charge in [0.1, 0.15) is 12.8 Å². The predicted octanol–water partition coefficient (Wildman–Crippen LogP) is 1.98. The van der Waals surface area contributed by atoms with Gasteiger partial charge in [-0.15, -0.1) is 0 Å². The second kappa shape index (κ2) is 2.50. The van der Waals surface area contributed by atoms with E-state index in [1.807, 2.05) is 0 Å². The van der Waals surface area contributed by atoms with E-state index in [0.29, 0.717) is 0 Å². The van der Waals surface area contributed by atoms with Crippen LogP contribution in [0.1, 0.15) is 12.5 Å². The summed E-state index contributed by atoms with van der Waals surface area (Å²) in [5.74, 6) is 0. The maximum absolute atomic E-state index is 2.30. The SMILES string of the molecule is CC[N+]1=CCc2ccccc21. The van der Waals surface area contributed by atoms with E-state index in [0.717, 1.165) is 13.0 Å². The summed E-state index contributed by atoms with van der Waals surface area (Å²) in [7, 11) is 0. The normalized spacial score (nSPS) is 14.5. The van der Waals surface area contributed by atoms with E-state index in [-0.39, 0.29) is 0 Å². The predicted molar refractivity (Wildman–Crippen MR) is 46.7 cm³/mol. The molecular weight excluding hydrogens is 134 g/mol. The standard InChI is InChI=1S/C10H12N/c1-2-11-8-7-9-5-3-4-6-10(9)11/h3-6,8H,2,7H2,1H3/q+1. The summed E-state index contributed by atoms with van der Waals surface area (Å²) in [5.41, 5.74) is 2.84. The van der Waals surface area contributed by atoms with Crippen LogP contribution in [0.5, 0.6) is 0 Å². The van der Waals surface area contributed by atoms with Crippen LogP contribution in [0.3, 0.4) is 0 Å². The van der Waals surface area contributed by atoms with E-state index >= 15 is 0 Å². The summed E-state index contributed by atoms with van der Waals surface area (Å²) in [6.07, 6.45) is 3.36. The van der Waals surface area contributed by atoms with Crippen LogP contribution in [-0.2, 0) is 6.42 Å². The lowest BCUT2D eigenvalue weighted by atomic mass is 10.2. The van der Waals surface area contributed by atoms with Gasteiger partial charge in [-0.05, 0) is 6.92 Å². The van der Waals surface area contributed by atoms with E-state index in [1.165, 1.54) is 11.3 Å². The molecule has 56 valence electrons. The molecule has 1 heterocycles. The Morgan fingerprint density at radius 2 is 2.18 bits per heavy atom. The summed E-state index contributed by atoms with van der Waals surface area (Å²) in [6, 6.07) is 8.58. The minimum absolute atomic E-state index is 1.08. The van der Waals surface area contributed by atoms with Gasteiger partial charge in [-0.1, -0.05) is 18.2 Å². The molecular formula is C10H12N+. The van der Waals surface area contributed by atoms with Crippen LogP contribution in [-0.4, -0.2) is 17.3 Å². The summed E-state index contributed by atoms with van der Waals surface area (Å²) < 4.78 is 2.30. The van der Waals surface area contributed by atoms with Crippen molar-refractivity contribution in [3.63, 3.8) is 0 Å². The Labute approximate surface area is 67.0 Å². The van der Waals surface area contributed by atoms with Gasteiger partial charge in [0.05, 0.1) is 6.42 Å². The van der Waals surface area contributed by atoms with Crippen LogP contribution in [0.4, 0.5) is 5.69 Å². The molecule has 0 spiro atoms. The Kier molecular flexibility index (Phi) is 1.50. The largest absolute Gasteiger partial charge is 0.208 e. The molecule has 1 aromatic carbocycles.